The third-order valence-corrected chi connectivity index (χ3v) is 5.82. The predicted molar refractivity (Wildman–Crippen MR) is 98.5 cm³/mol. The third-order valence-electron chi connectivity index (χ3n) is 4.79. The first kappa shape index (κ1) is 15.4. The number of rotatable bonds is 4. The van der Waals surface area contributed by atoms with Gasteiger partial charge in [0.05, 0.1) is 0 Å². The highest BCUT2D eigenvalue weighted by Crippen LogP contribution is 2.25. The number of aromatic amines is 1. The zero-order valence-corrected chi connectivity index (χ0v) is 14.5. The highest BCUT2D eigenvalue weighted by atomic mass is 32.1. The summed E-state index contributed by atoms with van der Waals surface area (Å²) in [6.45, 7) is 4.90. The summed E-state index contributed by atoms with van der Waals surface area (Å²) in [5, 5.41) is 6.31. The molecule has 5 heteroatoms. The van der Waals surface area contributed by atoms with Crippen LogP contribution in [0.2, 0.25) is 0 Å². The quantitative estimate of drug-likeness (QED) is 0.765. The normalized spacial score (nSPS) is 16.0. The van der Waals surface area contributed by atoms with Crippen molar-refractivity contribution in [1.82, 2.24) is 15.2 Å². The van der Waals surface area contributed by atoms with Crippen LogP contribution in [0.25, 0.3) is 10.9 Å². The average molecular weight is 339 g/mol. The van der Waals surface area contributed by atoms with Crippen LogP contribution in [0.1, 0.15) is 27.9 Å². The van der Waals surface area contributed by atoms with Crippen molar-refractivity contribution in [3.05, 3.63) is 57.9 Å². The lowest BCUT2D eigenvalue weighted by Gasteiger charge is -2.32. The number of carbonyl (C=O) groups excluding carboxylic acids is 1. The molecule has 3 aromatic rings. The number of nitrogens with zero attached hydrogens (tertiary/aromatic N) is 1. The molecule has 24 heavy (non-hydrogen) atoms. The van der Waals surface area contributed by atoms with Crippen LogP contribution in [-0.2, 0) is 13.0 Å². The van der Waals surface area contributed by atoms with E-state index in [-0.39, 0.29) is 5.91 Å². The molecular formula is C19H21N3OS. The van der Waals surface area contributed by atoms with Gasteiger partial charge in [0, 0.05) is 41.5 Å². The SMILES string of the molecule is C[C@H](CNC(=O)c1cc2ccccc2[nH]1)N1CCc2sccc2C1. The zero-order valence-electron chi connectivity index (χ0n) is 13.7. The van der Waals surface area contributed by atoms with E-state index >= 15 is 0 Å². The molecule has 1 aromatic carbocycles. The molecule has 0 spiro atoms. The molecule has 2 aromatic heterocycles. The van der Waals surface area contributed by atoms with Crippen LogP contribution in [0.3, 0.4) is 0 Å². The van der Waals surface area contributed by atoms with Crippen LogP contribution in [0, 0.1) is 0 Å². The van der Waals surface area contributed by atoms with E-state index in [1.54, 1.807) is 0 Å². The van der Waals surface area contributed by atoms with Crippen LogP contribution in [-0.4, -0.2) is 34.9 Å². The first-order valence-electron chi connectivity index (χ1n) is 8.36. The maximum absolute atomic E-state index is 12.4. The van der Waals surface area contributed by atoms with E-state index in [0.717, 1.165) is 30.4 Å². The van der Waals surface area contributed by atoms with E-state index in [2.05, 4.69) is 33.6 Å². The number of para-hydroxylation sites is 1. The van der Waals surface area contributed by atoms with E-state index in [9.17, 15) is 4.79 Å². The molecule has 0 saturated heterocycles. The van der Waals surface area contributed by atoms with Gasteiger partial charge in [0.15, 0.2) is 0 Å². The lowest BCUT2D eigenvalue weighted by atomic mass is 10.1. The predicted octanol–water partition coefficient (Wildman–Crippen LogP) is 3.41. The Morgan fingerprint density at radius 1 is 1.38 bits per heavy atom. The molecule has 124 valence electrons. The van der Waals surface area contributed by atoms with Crippen molar-refractivity contribution >= 4 is 28.1 Å². The molecule has 0 fully saturated rings. The fraction of sp³-hybridized carbons (Fsp3) is 0.316. The van der Waals surface area contributed by atoms with Crippen molar-refractivity contribution in [2.75, 3.05) is 13.1 Å². The number of amides is 1. The molecule has 0 bridgehead atoms. The summed E-state index contributed by atoms with van der Waals surface area (Å²) in [6.07, 6.45) is 1.12. The van der Waals surface area contributed by atoms with Crippen LogP contribution in [0.5, 0.6) is 0 Å². The van der Waals surface area contributed by atoms with Crippen LogP contribution in [0.15, 0.2) is 41.8 Å². The van der Waals surface area contributed by atoms with Gasteiger partial charge in [0.2, 0.25) is 0 Å². The Bertz CT molecular complexity index is 833. The molecule has 4 rings (SSSR count). The molecule has 0 radical (unpaired) electrons. The monoisotopic (exact) mass is 339 g/mol. The Hall–Kier alpha value is -2.11. The number of hydrogen-bond donors (Lipinski definition) is 2. The molecule has 1 aliphatic heterocycles. The zero-order chi connectivity index (χ0) is 16.5. The maximum Gasteiger partial charge on any atom is 0.267 e. The molecule has 0 aliphatic carbocycles. The van der Waals surface area contributed by atoms with Gasteiger partial charge in [0.25, 0.3) is 5.91 Å². The van der Waals surface area contributed by atoms with Crippen molar-refractivity contribution in [2.24, 2.45) is 0 Å². The topological polar surface area (TPSA) is 48.1 Å². The summed E-state index contributed by atoms with van der Waals surface area (Å²) >= 11 is 1.86. The first-order valence-corrected chi connectivity index (χ1v) is 9.24. The van der Waals surface area contributed by atoms with Gasteiger partial charge in [-0.1, -0.05) is 18.2 Å². The largest absolute Gasteiger partial charge is 0.351 e. The molecule has 0 unspecified atom stereocenters. The van der Waals surface area contributed by atoms with Gasteiger partial charge >= 0.3 is 0 Å². The van der Waals surface area contributed by atoms with Gasteiger partial charge in [-0.05, 0) is 42.5 Å². The summed E-state index contributed by atoms with van der Waals surface area (Å²) in [5.41, 5.74) is 3.07. The Kier molecular flexibility index (Phi) is 4.12. The van der Waals surface area contributed by atoms with Gasteiger partial charge in [-0.15, -0.1) is 11.3 Å². The van der Waals surface area contributed by atoms with E-state index in [1.165, 1.54) is 10.4 Å². The molecule has 2 N–H and O–H groups in total. The summed E-state index contributed by atoms with van der Waals surface area (Å²) in [6, 6.07) is 12.4. The maximum atomic E-state index is 12.4. The standard InChI is InChI=1S/C19H21N3OS/c1-13(22-8-6-18-15(12-22)7-9-24-18)11-20-19(23)17-10-14-4-2-3-5-16(14)21-17/h2-5,7,9-10,13,21H,6,8,11-12H2,1H3,(H,20,23)/t13-/m1/s1. The number of aromatic nitrogens is 1. The van der Waals surface area contributed by atoms with Crippen LogP contribution in [0.4, 0.5) is 0 Å². The second kappa shape index (κ2) is 6.42. The number of hydrogen-bond acceptors (Lipinski definition) is 3. The summed E-state index contributed by atoms with van der Waals surface area (Å²) < 4.78 is 0. The summed E-state index contributed by atoms with van der Waals surface area (Å²) in [7, 11) is 0. The molecule has 1 amide bonds. The minimum absolute atomic E-state index is 0.0359. The summed E-state index contributed by atoms with van der Waals surface area (Å²) in [4.78, 5) is 19.5. The number of H-pyrrole nitrogens is 1. The lowest BCUT2D eigenvalue weighted by Crippen LogP contribution is -2.44. The van der Waals surface area contributed by atoms with E-state index in [4.69, 9.17) is 0 Å². The van der Waals surface area contributed by atoms with Gasteiger partial charge in [-0.25, -0.2) is 0 Å². The minimum atomic E-state index is -0.0359. The molecule has 0 saturated carbocycles. The average Bonchev–Trinajstić information content (AvgIpc) is 3.24. The second-order valence-electron chi connectivity index (χ2n) is 6.42. The number of carbonyl (C=O) groups is 1. The minimum Gasteiger partial charge on any atom is -0.351 e. The van der Waals surface area contributed by atoms with E-state index < -0.39 is 0 Å². The van der Waals surface area contributed by atoms with Crippen molar-refractivity contribution in [1.29, 1.82) is 0 Å². The van der Waals surface area contributed by atoms with Crippen molar-refractivity contribution in [3.63, 3.8) is 0 Å². The van der Waals surface area contributed by atoms with E-state index in [0.29, 0.717) is 18.3 Å². The Morgan fingerprint density at radius 2 is 2.25 bits per heavy atom. The smallest absolute Gasteiger partial charge is 0.267 e. The molecule has 1 atom stereocenters. The van der Waals surface area contributed by atoms with Gasteiger partial charge < -0.3 is 10.3 Å². The van der Waals surface area contributed by atoms with Crippen molar-refractivity contribution < 1.29 is 4.79 Å². The van der Waals surface area contributed by atoms with Crippen molar-refractivity contribution in [2.45, 2.75) is 25.9 Å². The summed E-state index contributed by atoms with van der Waals surface area (Å²) in [5.74, 6) is -0.0359. The molecular weight excluding hydrogens is 318 g/mol. The van der Waals surface area contributed by atoms with Crippen LogP contribution >= 0.6 is 11.3 Å². The first-order chi connectivity index (χ1) is 11.7. The number of thiophene rings is 1. The van der Waals surface area contributed by atoms with E-state index in [1.807, 2.05) is 41.7 Å². The Balaban J connectivity index is 1.37. The number of nitrogens with one attached hydrogen (secondary N) is 2. The van der Waals surface area contributed by atoms with Gasteiger partial charge in [0.1, 0.15) is 5.69 Å². The second-order valence-corrected chi connectivity index (χ2v) is 7.42. The molecule has 4 nitrogen and oxygen atoms in total. The molecule has 3 heterocycles. The third kappa shape index (κ3) is 2.97. The number of benzene rings is 1. The Morgan fingerprint density at radius 3 is 3.12 bits per heavy atom. The fourth-order valence-corrected chi connectivity index (χ4v) is 4.20. The van der Waals surface area contributed by atoms with Crippen molar-refractivity contribution in [3.8, 4) is 0 Å². The lowest BCUT2D eigenvalue weighted by molar-refractivity contribution is 0.0928. The Labute approximate surface area is 145 Å². The van der Waals surface area contributed by atoms with Crippen LogP contribution < -0.4 is 5.32 Å². The highest BCUT2D eigenvalue weighted by Gasteiger charge is 2.22. The number of fused-ring (bicyclic) bond motifs is 2. The van der Waals surface area contributed by atoms with Gasteiger partial charge in [-0.3, -0.25) is 9.69 Å². The van der Waals surface area contributed by atoms with Gasteiger partial charge in [-0.2, -0.15) is 0 Å². The highest BCUT2D eigenvalue weighted by molar-refractivity contribution is 7.10. The molecule has 1 aliphatic rings. The fourth-order valence-electron chi connectivity index (χ4n) is 3.31.